The van der Waals surface area contributed by atoms with Crippen molar-refractivity contribution in [3.05, 3.63) is 29.3 Å². The van der Waals surface area contributed by atoms with E-state index in [2.05, 4.69) is 4.98 Å². The maximum Gasteiger partial charge on any atom is 0.508 e. The average molecular weight is 449 g/mol. The minimum absolute atomic E-state index is 0.0190. The van der Waals surface area contributed by atoms with Gasteiger partial charge in [-0.3, -0.25) is 9.20 Å². The van der Waals surface area contributed by atoms with Crippen LogP contribution in [0, 0.1) is 11.8 Å². The minimum Gasteiger partial charge on any atom is -0.477 e. The highest BCUT2D eigenvalue weighted by Gasteiger charge is 2.61. The zero-order valence-electron chi connectivity index (χ0n) is 17.2. The number of aliphatic hydroxyl groups is 1. The van der Waals surface area contributed by atoms with Gasteiger partial charge in [-0.05, 0) is 27.2 Å². The lowest BCUT2D eigenvalue weighted by Crippen LogP contribution is -2.64. The van der Waals surface area contributed by atoms with Crippen LogP contribution in [0.1, 0.15) is 32.9 Å². The number of hydrogen-bond acceptors (Lipinski definition) is 8. The predicted octanol–water partition coefficient (Wildman–Crippen LogP) is 1.98. The molecule has 4 rings (SSSR count). The number of carbonyl (C=O) groups excluding carboxylic acids is 2. The number of carboxylic acids is 1. The number of thiazole rings is 1. The fourth-order valence-corrected chi connectivity index (χ4v) is 5.30. The van der Waals surface area contributed by atoms with E-state index in [-0.39, 0.29) is 24.8 Å². The maximum absolute atomic E-state index is 12.7. The standard InChI is InChI=1S/C20H23N3O7S/c1-9(2)30-20(28)29-5-4-11-15(12-7-31-13-6-21-8-22(12)13)17(19(26)27)23-16(11)14(10(3)24)18(23)25/h6-11,14,16,24H,4-5H2,1-3H3,(H,26,27)/t10-,11?,14-,16-/m1/s1. The first-order valence-corrected chi connectivity index (χ1v) is 10.8. The van der Waals surface area contributed by atoms with Crippen molar-refractivity contribution in [3.63, 3.8) is 0 Å². The SMILES string of the molecule is CC(C)OC(=O)OCCC1C(c2csc3cncn23)=C(C(=O)O)N2C(=O)[C@H]([C@@H](C)O)[C@@H]12. The molecule has 2 N–H and O–H groups in total. The lowest BCUT2D eigenvalue weighted by molar-refractivity contribution is -0.163. The normalized spacial score (nSPS) is 23.8. The number of nitrogens with zero attached hydrogens (tertiary/aromatic N) is 3. The smallest absolute Gasteiger partial charge is 0.477 e. The van der Waals surface area contributed by atoms with Gasteiger partial charge in [-0.1, -0.05) is 0 Å². The van der Waals surface area contributed by atoms with Crippen molar-refractivity contribution in [3.8, 4) is 0 Å². The Labute approximate surface area is 181 Å². The third-order valence-electron chi connectivity index (χ3n) is 5.60. The van der Waals surface area contributed by atoms with Crippen molar-refractivity contribution in [1.29, 1.82) is 0 Å². The molecule has 2 aliphatic heterocycles. The second kappa shape index (κ2) is 7.97. The molecule has 0 aliphatic carbocycles. The summed E-state index contributed by atoms with van der Waals surface area (Å²) in [5.41, 5.74) is 0.991. The molecule has 10 nitrogen and oxygen atoms in total. The Hall–Kier alpha value is -2.92. The number of aliphatic carboxylic acids is 1. The fraction of sp³-hybridized carbons (Fsp3) is 0.500. The molecular weight excluding hydrogens is 426 g/mol. The van der Waals surface area contributed by atoms with E-state index in [4.69, 9.17) is 9.47 Å². The monoisotopic (exact) mass is 449 g/mol. The number of amides is 1. The zero-order valence-corrected chi connectivity index (χ0v) is 18.0. The molecule has 1 unspecified atom stereocenters. The van der Waals surface area contributed by atoms with Crippen LogP contribution in [0.4, 0.5) is 4.79 Å². The average Bonchev–Trinajstić information content (AvgIpc) is 3.33. The summed E-state index contributed by atoms with van der Waals surface area (Å²) in [6.45, 7) is 4.91. The third kappa shape index (κ3) is 3.47. The van der Waals surface area contributed by atoms with Crippen molar-refractivity contribution in [2.75, 3.05) is 6.61 Å². The number of imidazole rings is 1. The van der Waals surface area contributed by atoms with E-state index < -0.39 is 42.0 Å². The highest BCUT2D eigenvalue weighted by Crippen LogP contribution is 2.52. The summed E-state index contributed by atoms with van der Waals surface area (Å²) in [6, 6.07) is -0.531. The summed E-state index contributed by atoms with van der Waals surface area (Å²) in [6.07, 6.45) is 1.45. The fourth-order valence-electron chi connectivity index (χ4n) is 4.45. The van der Waals surface area contributed by atoms with E-state index in [1.807, 2.05) is 5.38 Å². The highest BCUT2D eigenvalue weighted by atomic mass is 32.1. The van der Waals surface area contributed by atoms with Gasteiger partial charge in [-0.25, -0.2) is 14.6 Å². The van der Waals surface area contributed by atoms with Crippen LogP contribution < -0.4 is 0 Å². The van der Waals surface area contributed by atoms with Crippen molar-refractivity contribution in [2.45, 2.75) is 45.4 Å². The highest BCUT2D eigenvalue weighted by molar-refractivity contribution is 7.15. The Morgan fingerprint density at radius 3 is 2.71 bits per heavy atom. The lowest BCUT2D eigenvalue weighted by Gasteiger charge is -2.47. The number of rotatable bonds is 7. The Bertz CT molecular complexity index is 1070. The molecule has 0 aromatic carbocycles. The van der Waals surface area contributed by atoms with Gasteiger partial charge >= 0.3 is 12.1 Å². The Balaban J connectivity index is 1.71. The van der Waals surface area contributed by atoms with Gasteiger partial charge in [0.1, 0.15) is 16.9 Å². The second-order valence-corrected chi connectivity index (χ2v) is 8.81. The first-order valence-electron chi connectivity index (χ1n) is 9.94. The summed E-state index contributed by atoms with van der Waals surface area (Å²) < 4.78 is 11.9. The molecule has 11 heteroatoms. The van der Waals surface area contributed by atoms with E-state index in [9.17, 15) is 24.6 Å². The second-order valence-electron chi connectivity index (χ2n) is 7.92. The van der Waals surface area contributed by atoms with Crippen molar-refractivity contribution >= 4 is 39.8 Å². The number of carbonyl (C=O) groups is 3. The largest absolute Gasteiger partial charge is 0.508 e. The predicted molar refractivity (Wildman–Crippen MR) is 109 cm³/mol. The van der Waals surface area contributed by atoms with Crippen LogP contribution in [0.3, 0.4) is 0 Å². The van der Waals surface area contributed by atoms with E-state index in [0.29, 0.717) is 11.3 Å². The van der Waals surface area contributed by atoms with Crippen LogP contribution in [-0.2, 0) is 19.1 Å². The molecule has 1 amide bonds. The molecule has 0 spiro atoms. The molecule has 4 atom stereocenters. The number of aliphatic hydroxyl groups excluding tert-OH is 1. The van der Waals surface area contributed by atoms with E-state index in [0.717, 1.165) is 4.83 Å². The Kier molecular flexibility index (Phi) is 5.48. The van der Waals surface area contributed by atoms with E-state index >= 15 is 0 Å². The van der Waals surface area contributed by atoms with Gasteiger partial charge in [0.15, 0.2) is 0 Å². The topological polar surface area (TPSA) is 131 Å². The van der Waals surface area contributed by atoms with Crippen LogP contribution in [0.5, 0.6) is 0 Å². The molecule has 0 bridgehead atoms. The number of ether oxygens (including phenoxy) is 2. The molecule has 0 radical (unpaired) electrons. The van der Waals surface area contributed by atoms with Gasteiger partial charge in [-0.2, -0.15) is 0 Å². The molecule has 166 valence electrons. The summed E-state index contributed by atoms with van der Waals surface area (Å²) in [5.74, 6) is -2.82. The van der Waals surface area contributed by atoms with Crippen LogP contribution in [0.15, 0.2) is 23.6 Å². The Morgan fingerprint density at radius 1 is 1.32 bits per heavy atom. The molecule has 0 saturated carbocycles. The quantitative estimate of drug-likeness (QED) is 0.485. The zero-order chi connectivity index (χ0) is 22.4. The number of carboxylic acid groups (broad SMARTS) is 1. The lowest BCUT2D eigenvalue weighted by atomic mass is 9.75. The molecule has 1 fully saturated rings. The minimum atomic E-state index is -1.22. The first kappa shape index (κ1) is 21.3. The van der Waals surface area contributed by atoms with Crippen LogP contribution in [0.25, 0.3) is 10.4 Å². The van der Waals surface area contributed by atoms with Crippen molar-refractivity contribution < 1.29 is 34.1 Å². The maximum atomic E-state index is 12.7. The molecule has 31 heavy (non-hydrogen) atoms. The molecule has 4 heterocycles. The molecule has 1 saturated heterocycles. The summed E-state index contributed by atoms with van der Waals surface area (Å²) in [7, 11) is 0. The van der Waals surface area contributed by atoms with Gasteiger partial charge in [0.25, 0.3) is 0 Å². The van der Waals surface area contributed by atoms with Crippen molar-refractivity contribution in [1.82, 2.24) is 14.3 Å². The van der Waals surface area contributed by atoms with Gasteiger partial charge in [-0.15, -0.1) is 11.3 Å². The van der Waals surface area contributed by atoms with Crippen molar-refractivity contribution in [2.24, 2.45) is 11.8 Å². The number of hydrogen-bond donors (Lipinski definition) is 2. The number of β-lactam (4-membered cyclic amide) rings is 1. The molecule has 2 aromatic heterocycles. The molecule has 2 aliphatic rings. The number of aromatic nitrogens is 2. The van der Waals surface area contributed by atoms with E-state index in [1.165, 1.54) is 23.2 Å². The van der Waals surface area contributed by atoms with Gasteiger partial charge in [0.2, 0.25) is 5.91 Å². The van der Waals surface area contributed by atoms with Crippen LogP contribution in [0.2, 0.25) is 0 Å². The summed E-state index contributed by atoms with van der Waals surface area (Å²) in [5, 5.41) is 22.0. The first-order chi connectivity index (χ1) is 14.7. The summed E-state index contributed by atoms with van der Waals surface area (Å²) in [4.78, 5) is 42.9. The van der Waals surface area contributed by atoms with Crippen LogP contribution in [-0.4, -0.2) is 67.4 Å². The Morgan fingerprint density at radius 2 is 2.06 bits per heavy atom. The van der Waals surface area contributed by atoms with Gasteiger partial charge in [0, 0.05) is 16.9 Å². The van der Waals surface area contributed by atoms with Gasteiger partial charge in [0.05, 0.1) is 42.7 Å². The summed E-state index contributed by atoms with van der Waals surface area (Å²) >= 11 is 1.40. The molecular formula is C20H23N3O7S. The van der Waals surface area contributed by atoms with Crippen LogP contribution >= 0.6 is 11.3 Å². The van der Waals surface area contributed by atoms with E-state index in [1.54, 1.807) is 30.8 Å². The molecule has 2 aromatic rings. The number of fused-ring (bicyclic) bond motifs is 2. The van der Waals surface area contributed by atoms with Gasteiger partial charge < -0.3 is 24.6 Å². The third-order valence-corrected chi connectivity index (χ3v) is 6.49.